The van der Waals surface area contributed by atoms with Crippen molar-refractivity contribution in [1.82, 2.24) is 10.2 Å². The monoisotopic (exact) mass is 328 g/mol. The normalized spacial score (nSPS) is 23.1. The third-order valence-corrected chi connectivity index (χ3v) is 5.03. The minimum atomic E-state index is -0.250. The van der Waals surface area contributed by atoms with Crippen LogP contribution in [0.3, 0.4) is 0 Å². The van der Waals surface area contributed by atoms with Gasteiger partial charge in [0.2, 0.25) is 5.91 Å². The molecule has 0 bridgehead atoms. The number of carboxylic acid groups (broad SMARTS) is 1. The number of rotatable bonds is 7. The van der Waals surface area contributed by atoms with E-state index in [1.165, 1.54) is 32.1 Å². The predicted octanol–water partition coefficient (Wildman–Crippen LogP) is 1.88. The summed E-state index contributed by atoms with van der Waals surface area (Å²) in [4.78, 5) is 22.8. The molecule has 1 amide bonds. The van der Waals surface area contributed by atoms with Gasteiger partial charge in [0.05, 0.1) is 6.61 Å². The van der Waals surface area contributed by atoms with Gasteiger partial charge >= 0.3 is 0 Å². The molecule has 1 aliphatic heterocycles. The maximum Gasteiger partial charge on any atom is 0.290 e. The summed E-state index contributed by atoms with van der Waals surface area (Å²) in [7, 11) is 2.14. The molecule has 6 heteroatoms. The second kappa shape index (κ2) is 10.6. The number of nitrogens with one attached hydrogen (secondary N) is 1. The lowest BCUT2D eigenvalue weighted by Crippen LogP contribution is -2.47. The van der Waals surface area contributed by atoms with Gasteiger partial charge in [-0.25, -0.2) is 0 Å². The first-order chi connectivity index (χ1) is 11.1. The molecule has 1 saturated heterocycles. The molecule has 0 aromatic rings. The Morgan fingerprint density at radius 2 is 2.09 bits per heavy atom. The lowest BCUT2D eigenvalue weighted by molar-refractivity contribution is -0.124. The van der Waals surface area contributed by atoms with Crippen LogP contribution in [-0.4, -0.2) is 61.8 Å². The number of amides is 1. The van der Waals surface area contributed by atoms with Crippen molar-refractivity contribution < 1.29 is 19.4 Å². The highest BCUT2D eigenvalue weighted by molar-refractivity contribution is 5.76. The molecule has 0 spiro atoms. The molecule has 1 heterocycles. The zero-order valence-electron chi connectivity index (χ0n) is 14.6. The number of ether oxygens (including phenoxy) is 1. The number of likely N-dealkylation sites (tertiary alicyclic amines) is 1. The van der Waals surface area contributed by atoms with Crippen LogP contribution in [0.25, 0.3) is 0 Å². The highest BCUT2D eigenvalue weighted by atomic mass is 16.5. The van der Waals surface area contributed by atoms with Gasteiger partial charge < -0.3 is 20.1 Å². The van der Waals surface area contributed by atoms with Crippen molar-refractivity contribution in [3.63, 3.8) is 0 Å². The number of carbonyl (C=O) groups is 2. The number of piperidine rings is 1. The maximum atomic E-state index is 12.1. The Labute approximate surface area is 139 Å². The highest BCUT2D eigenvalue weighted by Gasteiger charge is 2.37. The molecule has 1 saturated carbocycles. The molecule has 134 valence electrons. The Bertz CT molecular complexity index is 359. The SMILES string of the molecule is CCOCC1(CNC(=O)CC2CCCCN2C)CCC1.O=CO. The number of nitrogens with zero attached hydrogens (tertiary/aromatic N) is 1. The third-order valence-electron chi connectivity index (χ3n) is 5.03. The molecular formula is C17H32N2O4. The Hall–Kier alpha value is -1.14. The average molecular weight is 328 g/mol. The summed E-state index contributed by atoms with van der Waals surface area (Å²) in [6.07, 6.45) is 8.00. The zero-order chi connectivity index (χ0) is 17.1. The van der Waals surface area contributed by atoms with Crippen LogP contribution in [0.2, 0.25) is 0 Å². The van der Waals surface area contributed by atoms with E-state index in [1.54, 1.807) is 0 Å². The summed E-state index contributed by atoms with van der Waals surface area (Å²) in [5, 5.41) is 10.0. The van der Waals surface area contributed by atoms with Gasteiger partial charge in [-0.1, -0.05) is 12.8 Å². The summed E-state index contributed by atoms with van der Waals surface area (Å²) >= 11 is 0. The van der Waals surface area contributed by atoms with Crippen LogP contribution in [0.15, 0.2) is 0 Å². The Morgan fingerprint density at radius 1 is 1.39 bits per heavy atom. The van der Waals surface area contributed by atoms with Crippen molar-refractivity contribution in [3.05, 3.63) is 0 Å². The lowest BCUT2D eigenvalue weighted by Gasteiger charge is -2.41. The summed E-state index contributed by atoms with van der Waals surface area (Å²) in [5.74, 6) is 0.214. The standard InChI is InChI=1S/C16H30N2O2.CH2O2/c1-3-20-13-16(8-6-9-16)12-17-15(19)11-14-7-4-5-10-18(14)2;2-1-3/h14H,3-13H2,1-2H3,(H,17,19);1H,(H,2,3). The highest BCUT2D eigenvalue weighted by Crippen LogP contribution is 2.40. The van der Waals surface area contributed by atoms with E-state index in [-0.39, 0.29) is 17.8 Å². The molecule has 0 aromatic carbocycles. The van der Waals surface area contributed by atoms with E-state index in [2.05, 4.69) is 17.3 Å². The van der Waals surface area contributed by atoms with Gasteiger partial charge in [0.15, 0.2) is 0 Å². The van der Waals surface area contributed by atoms with E-state index in [4.69, 9.17) is 14.6 Å². The van der Waals surface area contributed by atoms with Crippen LogP contribution in [0.4, 0.5) is 0 Å². The van der Waals surface area contributed by atoms with E-state index < -0.39 is 0 Å². The average Bonchev–Trinajstić information content (AvgIpc) is 2.49. The number of hydrogen-bond donors (Lipinski definition) is 2. The minimum absolute atomic E-state index is 0.214. The van der Waals surface area contributed by atoms with Gasteiger partial charge in [0.1, 0.15) is 0 Å². The fourth-order valence-corrected chi connectivity index (χ4v) is 3.34. The predicted molar refractivity (Wildman–Crippen MR) is 89.4 cm³/mol. The van der Waals surface area contributed by atoms with E-state index in [1.807, 2.05) is 6.92 Å². The summed E-state index contributed by atoms with van der Waals surface area (Å²) in [6.45, 7) is 5.27. The number of carbonyl (C=O) groups excluding carboxylic acids is 1. The first-order valence-corrected chi connectivity index (χ1v) is 8.69. The van der Waals surface area contributed by atoms with Crippen molar-refractivity contribution in [2.24, 2.45) is 5.41 Å². The first kappa shape index (κ1) is 19.9. The second-order valence-electron chi connectivity index (χ2n) is 6.71. The largest absolute Gasteiger partial charge is 0.483 e. The fourth-order valence-electron chi connectivity index (χ4n) is 3.34. The Balaban J connectivity index is 0.000000816. The molecule has 2 fully saturated rings. The number of hydrogen-bond acceptors (Lipinski definition) is 4. The molecule has 2 aliphatic rings. The van der Waals surface area contributed by atoms with Crippen LogP contribution in [0, 0.1) is 5.41 Å². The smallest absolute Gasteiger partial charge is 0.290 e. The Kier molecular flexibility index (Phi) is 9.17. The molecular weight excluding hydrogens is 296 g/mol. The topological polar surface area (TPSA) is 78.9 Å². The zero-order valence-corrected chi connectivity index (χ0v) is 14.6. The summed E-state index contributed by atoms with van der Waals surface area (Å²) < 4.78 is 5.58. The molecule has 1 unspecified atom stereocenters. The Morgan fingerprint density at radius 3 is 2.61 bits per heavy atom. The van der Waals surface area contributed by atoms with Gasteiger partial charge in [-0.2, -0.15) is 0 Å². The molecule has 0 aromatic heterocycles. The molecule has 2 rings (SSSR count). The van der Waals surface area contributed by atoms with Gasteiger partial charge in [0, 0.05) is 31.0 Å². The van der Waals surface area contributed by atoms with Crippen molar-refractivity contribution >= 4 is 12.4 Å². The first-order valence-electron chi connectivity index (χ1n) is 8.69. The second-order valence-corrected chi connectivity index (χ2v) is 6.71. The van der Waals surface area contributed by atoms with Crippen LogP contribution in [0.1, 0.15) is 51.9 Å². The maximum absolute atomic E-state index is 12.1. The minimum Gasteiger partial charge on any atom is -0.483 e. The summed E-state index contributed by atoms with van der Waals surface area (Å²) in [6, 6.07) is 0.438. The van der Waals surface area contributed by atoms with Crippen molar-refractivity contribution in [3.8, 4) is 0 Å². The van der Waals surface area contributed by atoms with Crippen molar-refractivity contribution in [1.29, 1.82) is 0 Å². The van der Waals surface area contributed by atoms with E-state index in [0.29, 0.717) is 12.5 Å². The van der Waals surface area contributed by atoms with Gasteiger partial charge in [-0.05, 0) is 46.2 Å². The molecule has 1 atom stereocenters. The van der Waals surface area contributed by atoms with E-state index >= 15 is 0 Å². The van der Waals surface area contributed by atoms with E-state index in [9.17, 15) is 4.79 Å². The summed E-state index contributed by atoms with van der Waals surface area (Å²) in [5.41, 5.74) is 0.226. The third kappa shape index (κ3) is 6.87. The fraction of sp³-hybridized carbons (Fsp3) is 0.882. The van der Waals surface area contributed by atoms with Crippen molar-refractivity contribution in [2.75, 3.05) is 33.4 Å². The molecule has 0 radical (unpaired) electrons. The quantitative estimate of drug-likeness (QED) is 0.698. The van der Waals surface area contributed by atoms with Crippen LogP contribution in [0.5, 0.6) is 0 Å². The van der Waals surface area contributed by atoms with Crippen LogP contribution < -0.4 is 5.32 Å². The van der Waals surface area contributed by atoms with Crippen LogP contribution >= 0.6 is 0 Å². The lowest BCUT2D eigenvalue weighted by atomic mass is 9.69. The van der Waals surface area contributed by atoms with Gasteiger partial charge in [0.25, 0.3) is 6.47 Å². The van der Waals surface area contributed by atoms with E-state index in [0.717, 1.165) is 32.7 Å². The van der Waals surface area contributed by atoms with Crippen LogP contribution in [-0.2, 0) is 14.3 Å². The van der Waals surface area contributed by atoms with Crippen molar-refractivity contribution in [2.45, 2.75) is 57.9 Å². The molecule has 23 heavy (non-hydrogen) atoms. The van der Waals surface area contributed by atoms with Gasteiger partial charge in [-0.15, -0.1) is 0 Å². The molecule has 6 nitrogen and oxygen atoms in total. The van der Waals surface area contributed by atoms with Gasteiger partial charge in [-0.3, -0.25) is 9.59 Å². The molecule has 2 N–H and O–H groups in total. The molecule has 1 aliphatic carbocycles.